The average molecular weight is 376 g/mol. The normalized spacial score (nSPS) is 48.3. The van der Waals surface area contributed by atoms with Crippen LogP contribution in [0.2, 0.25) is 0 Å². The zero-order chi connectivity index (χ0) is 19.0. The number of fused-ring (bicyclic) bond motifs is 1. The van der Waals surface area contributed by atoms with Crippen molar-refractivity contribution in [3.8, 4) is 0 Å². The summed E-state index contributed by atoms with van der Waals surface area (Å²) >= 11 is 0. The van der Waals surface area contributed by atoms with Crippen LogP contribution in [0.25, 0.3) is 0 Å². The molecule has 2 aliphatic heterocycles. The lowest BCUT2D eigenvalue weighted by atomic mass is 9.41. The number of hydrogen-bond acceptors (Lipinski definition) is 6. The summed E-state index contributed by atoms with van der Waals surface area (Å²) in [6.07, 6.45) is 4.60. The van der Waals surface area contributed by atoms with Crippen molar-refractivity contribution in [2.45, 2.75) is 58.2 Å². The average Bonchev–Trinajstić information content (AvgIpc) is 3.04. The Morgan fingerprint density at radius 1 is 1.30 bits per heavy atom. The summed E-state index contributed by atoms with van der Waals surface area (Å²) in [4.78, 5) is 24.7. The molecule has 0 radical (unpaired) electrons. The Balaban J connectivity index is 1.60. The molecule has 5 aliphatic rings. The van der Waals surface area contributed by atoms with Crippen LogP contribution in [-0.4, -0.2) is 37.1 Å². The first-order valence-electron chi connectivity index (χ1n) is 10.2. The Labute approximate surface area is 159 Å². The first kappa shape index (κ1) is 17.7. The third-order valence-electron chi connectivity index (χ3n) is 8.62. The van der Waals surface area contributed by atoms with Gasteiger partial charge in [-0.1, -0.05) is 13.3 Å². The van der Waals surface area contributed by atoms with Gasteiger partial charge in [0, 0.05) is 11.8 Å². The van der Waals surface area contributed by atoms with Crippen LogP contribution in [0.4, 0.5) is 0 Å². The Morgan fingerprint density at radius 2 is 2.11 bits per heavy atom. The maximum absolute atomic E-state index is 12.8. The highest BCUT2D eigenvalue weighted by molar-refractivity contribution is 5.78. The number of aliphatic hydroxyl groups is 1. The SMILES string of the molecule is COC(=O)[C@@]12CCC[C@]3([C@H](O)OC1)[C@H]1CC4=C(CC(=O)O4)[C@H](C)[C@@H]1CC[C@@H]23. The van der Waals surface area contributed by atoms with Gasteiger partial charge in [0.2, 0.25) is 0 Å². The number of rotatable bonds is 1. The van der Waals surface area contributed by atoms with E-state index >= 15 is 0 Å². The first-order valence-corrected chi connectivity index (χ1v) is 10.2. The molecule has 2 heterocycles. The van der Waals surface area contributed by atoms with E-state index in [1.54, 1.807) is 0 Å². The molecule has 3 aliphatic carbocycles. The maximum Gasteiger partial charge on any atom is 0.315 e. The van der Waals surface area contributed by atoms with Crippen LogP contribution in [0, 0.1) is 34.5 Å². The van der Waals surface area contributed by atoms with E-state index in [2.05, 4.69) is 6.92 Å². The number of hydrogen-bond donors (Lipinski definition) is 1. The molecule has 6 heteroatoms. The number of methoxy groups -OCH3 is 1. The van der Waals surface area contributed by atoms with Gasteiger partial charge in [-0.3, -0.25) is 9.59 Å². The van der Waals surface area contributed by atoms with Crippen molar-refractivity contribution in [2.75, 3.05) is 13.7 Å². The summed E-state index contributed by atoms with van der Waals surface area (Å²) in [5.74, 6) is 1.34. The van der Waals surface area contributed by atoms with Crippen LogP contribution < -0.4 is 0 Å². The number of aliphatic hydroxyl groups excluding tert-OH is 1. The molecule has 148 valence electrons. The minimum atomic E-state index is -0.875. The minimum absolute atomic E-state index is 0.0580. The molecule has 0 aromatic carbocycles. The number of allylic oxidation sites excluding steroid dienone is 1. The van der Waals surface area contributed by atoms with Crippen LogP contribution in [0.5, 0.6) is 0 Å². The largest absolute Gasteiger partial charge is 0.469 e. The number of carbonyl (C=O) groups is 2. The van der Waals surface area contributed by atoms with Crippen LogP contribution >= 0.6 is 0 Å². The van der Waals surface area contributed by atoms with Gasteiger partial charge in [0.15, 0.2) is 6.29 Å². The van der Waals surface area contributed by atoms with E-state index in [4.69, 9.17) is 14.2 Å². The minimum Gasteiger partial charge on any atom is -0.469 e. The van der Waals surface area contributed by atoms with E-state index in [1.807, 2.05) is 0 Å². The zero-order valence-corrected chi connectivity index (χ0v) is 16.0. The number of carbonyl (C=O) groups excluding carboxylic acids is 2. The molecule has 0 spiro atoms. The van der Waals surface area contributed by atoms with E-state index in [0.29, 0.717) is 18.8 Å². The molecule has 7 atom stereocenters. The van der Waals surface area contributed by atoms with Gasteiger partial charge in [-0.05, 0) is 54.9 Å². The predicted octanol–water partition coefficient (Wildman–Crippen LogP) is 2.55. The van der Waals surface area contributed by atoms with E-state index in [1.165, 1.54) is 7.11 Å². The molecule has 0 unspecified atom stereocenters. The molecular weight excluding hydrogens is 348 g/mol. The Kier molecular flexibility index (Phi) is 3.80. The van der Waals surface area contributed by atoms with Gasteiger partial charge in [-0.25, -0.2) is 0 Å². The second-order valence-electron chi connectivity index (χ2n) is 9.27. The molecule has 2 bridgehead atoms. The molecule has 2 saturated carbocycles. The van der Waals surface area contributed by atoms with Gasteiger partial charge in [-0.2, -0.15) is 0 Å². The molecule has 0 amide bonds. The molecule has 27 heavy (non-hydrogen) atoms. The van der Waals surface area contributed by atoms with E-state index in [-0.39, 0.29) is 36.3 Å². The molecular formula is C21H28O6. The predicted molar refractivity (Wildman–Crippen MR) is 93.9 cm³/mol. The second kappa shape index (κ2) is 5.80. The van der Waals surface area contributed by atoms with Crippen molar-refractivity contribution in [3.05, 3.63) is 11.3 Å². The fraction of sp³-hybridized carbons (Fsp3) is 0.810. The third kappa shape index (κ3) is 2.09. The number of esters is 2. The van der Waals surface area contributed by atoms with E-state index in [0.717, 1.165) is 43.4 Å². The summed E-state index contributed by atoms with van der Waals surface area (Å²) in [5.41, 5.74) is 0.0361. The van der Waals surface area contributed by atoms with Crippen molar-refractivity contribution in [1.29, 1.82) is 0 Å². The maximum atomic E-state index is 12.8. The summed E-state index contributed by atoms with van der Waals surface area (Å²) < 4.78 is 16.6. The zero-order valence-electron chi connectivity index (χ0n) is 16.0. The summed E-state index contributed by atoms with van der Waals surface area (Å²) in [6.45, 7) is 2.43. The van der Waals surface area contributed by atoms with Crippen molar-refractivity contribution in [1.82, 2.24) is 0 Å². The van der Waals surface area contributed by atoms with Gasteiger partial charge in [0.25, 0.3) is 0 Å². The summed E-state index contributed by atoms with van der Waals surface area (Å²) in [5, 5.41) is 11.1. The van der Waals surface area contributed by atoms with Crippen LogP contribution in [0.15, 0.2) is 11.3 Å². The highest BCUT2D eigenvalue weighted by atomic mass is 16.6. The first-order chi connectivity index (χ1) is 12.9. The van der Waals surface area contributed by atoms with Gasteiger partial charge in [0.05, 0.1) is 25.6 Å². The Bertz CT molecular complexity index is 728. The topological polar surface area (TPSA) is 82.1 Å². The quantitative estimate of drug-likeness (QED) is 0.708. The van der Waals surface area contributed by atoms with Crippen molar-refractivity contribution in [2.24, 2.45) is 34.5 Å². The summed E-state index contributed by atoms with van der Waals surface area (Å²) in [6, 6.07) is 0. The monoisotopic (exact) mass is 376 g/mol. The molecule has 3 fully saturated rings. The second-order valence-corrected chi connectivity index (χ2v) is 9.27. The molecule has 1 saturated heterocycles. The van der Waals surface area contributed by atoms with Crippen molar-refractivity contribution in [3.63, 3.8) is 0 Å². The van der Waals surface area contributed by atoms with Gasteiger partial charge < -0.3 is 19.3 Å². The fourth-order valence-corrected chi connectivity index (χ4v) is 7.54. The highest BCUT2D eigenvalue weighted by Crippen LogP contribution is 2.69. The Hall–Kier alpha value is -1.40. The van der Waals surface area contributed by atoms with E-state index in [9.17, 15) is 14.7 Å². The lowest BCUT2D eigenvalue weighted by Crippen LogP contribution is -2.68. The standard InChI is InChI=1S/C21H28O6/c1-11-12-4-5-16-20(18(23)25-2)6-3-7-21(16,19(24)26-10-20)14(12)9-15-13(11)8-17(22)27-15/h11-12,14,16,19,24H,3-10H2,1-2H3/t11-,12+,14+,16+,19-,20+,21+/m1/s1. The molecule has 6 nitrogen and oxygen atoms in total. The highest BCUT2D eigenvalue weighted by Gasteiger charge is 2.69. The summed E-state index contributed by atoms with van der Waals surface area (Å²) in [7, 11) is 1.45. The lowest BCUT2D eigenvalue weighted by molar-refractivity contribution is -0.320. The van der Waals surface area contributed by atoms with Crippen LogP contribution in [0.3, 0.4) is 0 Å². The smallest absolute Gasteiger partial charge is 0.315 e. The fourth-order valence-electron chi connectivity index (χ4n) is 7.54. The van der Waals surface area contributed by atoms with Crippen molar-refractivity contribution >= 4 is 11.9 Å². The van der Waals surface area contributed by atoms with Crippen LogP contribution in [0.1, 0.15) is 51.9 Å². The van der Waals surface area contributed by atoms with Gasteiger partial charge in [-0.15, -0.1) is 0 Å². The van der Waals surface area contributed by atoms with Crippen LogP contribution in [-0.2, 0) is 23.8 Å². The number of ether oxygens (including phenoxy) is 3. The van der Waals surface area contributed by atoms with Gasteiger partial charge >= 0.3 is 11.9 Å². The van der Waals surface area contributed by atoms with E-state index < -0.39 is 17.1 Å². The molecule has 1 N–H and O–H groups in total. The molecule has 0 aromatic rings. The molecule has 5 rings (SSSR count). The van der Waals surface area contributed by atoms with Crippen molar-refractivity contribution < 1.29 is 28.9 Å². The van der Waals surface area contributed by atoms with Gasteiger partial charge in [0.1, 0.15) is 5.76 Å². The lowest BCUT2D eigenvalue weighted by Gasteiger charge is -2.66. The Morgan fingerprint density at radius 3 is 2.89 bits per heavy atom. The third-order valence-corrected chi connectivity index (χ3v) is 8.62. The molecule has 0 aromatic heterocycles.